The molecule has 3 heterocycles. The van der Waals surface area contributed by atoms with E-state index >= 15 is 0 Å². The van der Waals surface area contributed by atoms with Crippen LogP contribution in [-0.4, -0.2) is 72.9 Å². The Kier molecular flexibility index (Phi) is 4.29. The van der Waals surface area contributed by atoms with Gasteiger partial charge < -0.3 is 14.7 Å². The summed E-state index contributed by atoms with van der Waals surface area (Å²) in [6.45, 7) is 6.16. The number of ether oxygens (including phenoxy) is 1. The molecule has 3 rings (SSSR count). The molecule has 20 heavy (non-hydrogen) atoms. The second kappa shape index (κ2) is 6.00. The number of carbonyl (C=O) groups is 1. The molecule has 3 fully saturated rings. The summed E-state index contributed by atoms with van der Waals surface area (Å²) in [6.07, 6.45) is 5.86. The summed E-state index contributed by atoms with van der Waals surface area (Å²) in [6, 6.07) is 0.642. The number of piperidine rings is 1. The molecule has 0 aromatic heterocycles. The molecule has 0 bridgehead atoms. The van der Waals surface area contributed by atoms with Crippen LogP contribution in [0.15, 0.2) is 0 Å². The topological polar surface area (TPSA) is 53.0 Å². The second-order valence-electron chi connectivity index (χ2n) is 6.66. The minimum absolute atomic E-state index is 0.382. The lowest BCUT2D eigenvalue weighted by Gasteiger charge is -2.33. The summed E-state index contributed by atoms with van der Waals surface area (Å²) in [5, 5.41) is 9.52. The third kappa shape index (κ3) is 2.85. The summed E-state index contributed by atoms with van der Waals surface area (Å²) < 4.78 is 5.36. The van der Waals surface area contributed by atoms with Gasteiger partial charge in [0.15, 0.2) is 0 Å². The fourth-order valence-electron chi connectivity index (χ4n) is 3.93. The number of hydrogen-bond donors (Lipinski definition) is 1. The van der Waals surface area contributed by atoms with E-state index in [1.807, 2.05) is 0 Å². The average Bonchev–Trinajstić information content (AvgIpc) is 3.10. The smallest absolute Gasteiger partial charge is 0.313 e. The molecule has 0 aliphatic carbocycles. The molecule has 0 aromatic carbocycles. The van der Waals surface area contributed by atoms with E-state index in [9.17, 15) is 9.90 Å². The fraction of sp³-hybridized carbons (Fsp3) is 0.933. The Hall–Kier alpha value is -0.650. The Morgan fingerprint density at radius 3 is 2.70 bits per heavy atom. The number of likely N-dealkylation sites (tertiary alicyclic amines) is 2. The fourth-order valence-corrected chi connectivity index (χ4v) is 3.93. The van der Waals surface area contributed by atoms with Crippen molar-refractivity contribution in [3.63, 3.8) is 0 Å². The molecule has 0 aromatic rings. The summed E-state index contributed by atoms with van der Waals surface area (Å²) in [4.78, 5) is 16.5. The first-order valence-corrected chi connectivity index (χ1v) is 7.97. The summed E-state index contributed by atoms with van der Waals surface area (Å²) >= 11 is 0. The van der Waals surface area contributed by atoms with Gasteiger partial charge in [-0.25, -0.2) is 0 Å². The van der Waals surface area contributed by atoms with Gasteiger partial charge in [0.2, 0.25) is 0 Å². The van der Waals surface area contributed by atoms with Gasteiger partial charge in [0.05, 0.1) is 6.61 Å². The van der Waals surface area contributed by atoms with E-state index < -0.39 is 11.4 Å². The number of nitrogens with zero attached hydrogens (tertiary/aromatic N) is 2. The van der Waals surface area contributed by atoms with Crippen molar-refractivity contribution in [2.24, 2.45) is 5.41 Å². The molecule has 5 heteroatoms. The molecule has 114 valence electrons. The first kappa shape index (κ1) is 14.3. The maximum Gasteiger partial charge on any atom is 0.313 e. The van der Waals surface area contributed by atoms with E-state index in [1.165, 1.54) is 38.8 Å². The van der Waals surface area contributed by atoms with E-state index in [-0.39, 0.29) is 0 Å². The SMILES string of the molecule is O=C(O)C1(CN2CCC(N3CCCCC3)C2)CCOC1. The average molecular weight is 282 g/mol. The Balaban J connectivity index is 1.55. The highest BCUT2D eigenvalue weighted by Gasteiger charge is 2.45. The number of carboxylic acids is 1. The molecule has 5 nitrogen and oxygen atoms in total. The predicted molar refractivity (Wildman–Crippen MR) is 75.8 cm³/mol. The zero-order valence-electron chi connectivity index (χ0n) is 12.2. The van der Waals surface area contributed by atoms with Crippen molar-refractivity contribution in [1.82, 2.24) is 9.80 Å². The second-order valence-corrected chi connectivity index (χ2v) is 6.66. The van der Waals surface area contributed by atoms with Crippen LogP contribution in [0.4, 0.5) is 0 Å². The monoisotopic (exact) mass is 282 g/mol. The van der Waals surface area contributed by atoms with Crippen LogP contribution in [0.1, 0.15) is 32.1 Å². The Labute approximate surface area is 120 Å². The molecule has 0 saturated carbocycles. The zero-order valence-corrected chi connectivity index (χ0v) is 12.2. The molecule has 3 saturated heterocycles. The van der Waals surface area contributed by atoms with Gasteiger partial charge in [-0.1, -0.05) is 6.42 Å². The van der Waals surface area contributed by atoms with Crippen molar-refractivity contribution in [2.45, 2.75) is 38.1 Å². The third-order valence-corrected chi connectivity index (χ3v) is 5.24. The van der Waals surface area contributed by atoms with Gasteiger partial charge in [-0.15, -0.1) is 0 Å². The van der Waals surface area contributed by atoms with Crippen LogP contribution in [-0.2, 0) is 9.53 Å². The van der Waals surface area contributed by atoms with Crippen molar-refractivity contribution in [3.8, 4) is 0 Å². The van der Waals surface area contributed by atoms with Crippen LogP contribution in [0.5, 0.6) is 0 Å². The molecule has 2 unspecified atom stereocenters. The van der Waals surface area contributed by atoms with Crippen LogP contribution >= 0.6 is 0 Å². The van der Waals surface area contributed by atoms with Crippen molar-refractivity contribution in [1.29, 1.82) is 0 Å². The van der Waals surface area contributed by atoms with E-state index in [0.29, 0.717) is 32.2 Å². The zero-order chi connectivity index (χ0) is 14.0. The van der Waals surface area contributed by atoms with Crippen LogP contribution in [0.3, 0.4) is 0 Å². The number of aliphatic carboxylic acids is 1. The van der Waals surface area contributed by atoms with Crippen molar-refractivity contribution in [2.75, 3.05) is 45.9 Å². The van der Waals surface area contributed by atoms with Gasteiger partial charge in [-0.2, -0.15) is 0 Å². The number of hydrogen-bond acceptors (Lipinski definition) is 4. The maximum atomic E-state index is 11.6. The first-order valence-electron chi connectivity index (χ1n) is 7.97. The van der Waals surface area contributed by atoms with Crippen molar-refractivity contribution in [3.05, 3.63) is 0 Å². The minimum atomic E-state index is -0.684. The van der Waals surface area contributed by atoms with Crippen molar-refractivity contribution < 1.29 is 14.6 Å². The number of rotatable bonds is 4. The van der Waals surface area contributed by atoms with Crippen LogP contribution in [0.25, 0.3) is 0 Å². The summed E-state index contributed by atoms with van der Waals surface area (Å²) in [5.74, 6) is -0.684. The van der Waals surface area contributed by atoms with Gasteiger partial charge in [-0.05, 0) is 45.3 Å². The van der Waals surface area contributed by atoms with Gasteiger partial charge in [0.1, 0.15) is 5.41 Å². The molecule has 0 spiro atoms. The predicted octanol–water partition coefficient (Wildman–Crippen LogP) is 1.04. The molecule has 1 N–H and O–H groups in total. The lowest BCUT2D eigenvalue weighted by Crippen LogP contribution is -2.45. The maximum absolute atomic E-state index is 11.6. The Morgan fingerprint density at radius 1 is 1.25 bits per heavy atom. The molecule has 3 aliphatic rings. The lowest BCUT2D eigenvalue weighted by atomic mass is 9.87. The number of carboxylic acid groups (broad SMARTS) is 1. The molecule has 0 amide bonds. The Morgan fingerprint density at radius 2 is 2.05 bits per heavy atom. The quantitative estimate of drug-likeness (QED) is 0.835. The van der Waals surface area contributed by atoms with Gasteiger partial charge in [0.25, 0.3) is 0 Å². The van der Waals surface area contributed by atoms with E-state index in [2.05, 4.69) is 9.80 Å². The normalized spacial score (nSPS) is 36.5. The highest BCUT2D eigenvalue weighted by Crippen LogP contribution is 2.32. The first-order chi connectivity index (χ1) is 9.70. The lowest BCUT2D eigenvalue weighted by molar-refractivity contribution is -0.150. The third-order valence-electron chi connectivity index (χ3n) is 5.24. The molecule has 0 radical (unpaired) electrons. The van der Waals surface area contributed by atoms with E-state index in [0.717, 1.165) is 13.1 Å². The molecule has 3 aliphatic heterocycles. The Bertz CT molecular complexity index is 349. The summed E-state index contributed by atoms with van der Waals surface area (Å²) in [7, 11) is 0. The van der Waals surface area contributed by atoms with Crippen LogP contribution in [0, 0.1) is 5.41 Å². The van der Waals surface area contributed by atoms with Crippen LogP contribution in [0.2, 0.25) is 0 Å². The highest BCUT2D eigenvalue weighted by molar-refractivity contribution is 5.75. The molecule has 2 atom stereocenters. The van der Waals surface area contributed by atoms with Gasteiger partial charge in [-0.3, -0.25) is 9.69 Å². The highest BCUT2D eigenvalue weighted by atomic mass is 16.5. The molecular weight excluding hydrogens is 256 g/mol. The summed E-state index contributed by atoms with van der Waals surface area (Å²) in [5.41, 5.74) is -0.656. The van der Waals surface area contributed by atoms with Crippen molar-refractivity contribution >= 4 is 5.97 Å². The largest absolute Gasteiger partial charge is 0.481 e. The van der Waals surface area contributed by atoms with Gasteiger partial charge >= 0.3 is 5.97 Å². The van der Waals surface area contributed by atoms with Crippen LogP contribution < -0.4 is 0 Å². The standard InChI is InChI=1S/C15H26N2O3/c18-14(19)15(5-9-20-12-15)11-16-8-4-13(10-16)17-6-2-1-3-7-17/h13H,1-12H2,(H,18,19). The minimum Gasteiger partial charge on any atom is -0.481 e. The van der Waals surface area contributed by atoms with E-state index in [1.54, 1.807) is 0 Å². The molecular formula is C15H26N2O3. The van der Waals surface area contributed by atoms with E-state index in [4.69, 9.17) is 4.74 Å². The van der Waals surface area contributed by atoms with Gasteiger partial charge in [0, 0.05) is 25.7 Å².